The zero-order valence-corrected chi connectivity index (χ0v) is 12.2. The van der Waals surface area contributed by atoms with Gasteiger partial charge < -0.3 is 5.73 Å². The third-order valence-corrected chi connectivity index (χ3v) is 3.81. The molecule has 0 saturated heterocycles. The molecule has 0 radical (unpaired) electrons. The van der Waals surface area contributed by atoms with Gasteiger partial charge in [0.15, 0.2) is 0 Å². The number of nitrogens with one attached hydrogen (secondary N) is 1. The van der Waals surface area contributed by atoms with E-state index in [2.05, 4.69) is 14.7 Å². The topological polar surface area (TPSA) is 98.0 Å². The van der Waals surface area contributed by atoms with Crippen molar-refractivity contribution < 1.29 is 8.42 Å². The summed E-state index contributed by atoms with van der Waals surface area (Å²) in [6, 6.07) is 8.13. The van der Waals surface area contributed by atoms with Crippen molar-refractivity contribution in [3.63, 3.8) is 0 Å². The lowest BCUT2D eigenvalue weighted by molar-refractivity contribution is 0.600. The molecule has 0 amide bonds. The Morgan fingerprint density at radius 1 is 1.25 bits per heavy atom. The van der Waals surface area contributed by atoms with E-state index >= 15 is 0 Å². The van der Waals surface area contributed by atoms with Gasteiger partial charge in [0.25, 0.3) is 0 Å². The number of rotatable bonds is 4. The van der Waals surface area contributed by atoms with Crippen LogP contribution < -0.4 is 10.5 Å². The summed E-state index contributed by atoms with van der Waals surface area (Å²) in [6.45, 7) is 1.70. The molecule has 0 saturated carbocycles. The number of nitrogen functional groups attached to an aromatic ring is 1. The van der Waals surface area contributed by atoms with E-state index < -0.39 is 10.0 Å². The smallest absolute Gasteiger partial charge is 0.239 e. The maximum Gasteiger partial charge on any atom is 0.239 e. The molecule has 8 heteroatoms. The SMILES string of the molecule is Cc1cc(Cl)nc(NS(=O)(=O)Cc2ccc(N)cc2)n1. The Morgan fingerprint density at radius 2 is 1.90 bits per heavy atom. The van der Waals surface area contributed by atoms with Crippen LogP contribution in [-0.4, -0.2) is 18.4 Å². The zero-order valence-electron chi connectivity index (χ0n) is 10.7. The molecule has 6 nitrogen and oxygen atoms in total. The number of benzene rings is 1. The molecule has 0 spiro atoms. The van der Waals surface area contributed by atoms with Gasteiger partial charge >= 0.3 is 0 Å². The minimum Gasteiger partial charge on any atom is -0.399 e. The lowest BCUT2D eigenvalue weighted by Crippen LogP contribution is -2.17. The number of halogens is 1. The summed E-state index contributed by atoms with van der Waals surface area (Å²) in [7, 11) is -3.61. The fourth-order valence-corrected chi connectivity index (χ4v) is 2.90. The number of sulfonamides is 1. The lowest BCUT2D eigenvalue weighted by atomic mass is 10.2. The van der Waals surface area contributed by atoms with Crippen molar-refractivity contribution in [1.29, 1.82) is 0 Å². The van der Waals surface area contributed by atoms with E-state index in [1.807, 2.05) is 0 Å². The average Bonchev–Trinajstić information content (AvgIpc) is 2.29. The molecular formula is C12H13ClN4O2S. The summed E-state index contributed by atoms with van der Waals surface area (Å²) < 4.78 is 26.3. The Bertz CT molecular complexity index is 696. The Labute approximate surface area is 122 Å². The van der Waals surface area contributed by atoms with Gasteiger partial charge in [-0.25, -0.2) is 18.4 Å². The summed E-state index contributed by atoms with van der Waals surface area (Å²) in [5, 5.41) is 0.183. The quantitative estimate of drug-likeness (QED) is 0.664. The number of nitrogens with two attached hydrogens (primary N) is 1. The maximum atomic E-state index is 12.0. The van der Waals surface area contributed by atoms with E-state index in [0.717, 1.165) is 0 Å². The molecule has 3 N–H and O–H groups in total. The van der Waals surface area contributed by atoms with E-state index in [9.17, 15) is 8.42 Å². The third-order valence-electron chi connectivity index (χ3n) is 2.41. The predicted octanol–water partition coefficient (Wildman–Crippen LogP) is 1.96. The molecule has 0 bridgehead atoms. The first-order chi connectivity index (χ1) is 9.34. The van der Waals surface area contributed by atoms with Crippen LogP contribution in [0.1, 0.15) is 11.3 Å². The Balaban J connectivity index is 2.16. The fourth-order valence-electron chi connectivity index (χ4n) is 1.58. The van der Waals surface area contributed by atoms with E-state index in [1.165, 1.54) is 0 Å². The fraction of sp³-hybridized carbons (Fsp3) is 0.167. The largest absolute Gasteiger partial charge is 0.399 e. The number of aromatic nitrogens is 2. The Morgan fingerprint density at radius 3 is 2.50 bits per heavy atom. The standard InChI is InChI=1S/C12H13ClN4O2S/c1-8-6-11(13)16-12(15-8)17-20(18,19)7-9-2-4-10(14)5-3-9/h2-6H,7,14H2,1H3,(H,15,16,17). The van der Waals surface area contributed by atoms with Crippen LogP contribution >= 0.6 is 11.6 Å². The number of hydrogen-bond donors (Lipinski definition) is 2. The number of anilines is 2. The summed E-state index contributed by atoms with van der Waals surface area (Å²) in [5.74, 6) is -0.229. The second kappa shape index (κ2) is 5.64. The predicted molar refractivity (Wildman–Crippen MR) is 78.9 cm³/mol. The van der Waals surface area contributed by atoms with Crippen molar-refractivity contribution in [3.05, 3.63) is 46.7 Å². The van der Waals surface area contributed by atoms with Crippen molar-refractivity contribution in [2.45, 2.75) is 12.7 Å². The van der Waals surface area contributed by atoms with Crippen molar-refractivity contribution in [2.24, 2.45) is 0 Å². The summed E-state index contributed by atoms with van der Waals surface area (Å²) in [5.41, 5.74) is 7.32. The zero-order chi connectivity index (χ0) is 14.8. The van der Waals surface area contributed by atoms with Crippen LogP contribution in [0.5, 0.6) is 0 Å². The van der Waals surface area contributed by atoms with E-state index in [0.29, 0.717) is 16.9 Å². The molecule has 1 aromatic carbocycles. The summed E-state index contributed by atoms with van der Waals surface area (Å²) in [4.78, 5) is 7.79. The number of nitrogens with zero attached hydrogens (tertiary/aromatic N) is 2. The minimum atomic E-state index is -3.61. The maximum absolute atomic E-state index is 12.0. The van der Waals surface area contributed by atoms with Gasteiger partial charge in [-0.1, -0.05) is 23.7 Å². The van der Waals surface area contributed by atoms with Gasteiger partial charge in [-0.05, 0) is 30.7 Å². The molecule has 0 unspecified atom stereocenters. The molecular weight excluding hydrogens is 300 g/mol. The molecule has 0 atom stereocenters. The highest BCUT2D eigenvalue weighted by atomic mass is 35.5. The van der Waals surface area contributed by atoms with Crippen LogP contribution in [0.15, 0.2) is 30.3 Å². The molecule has 0 aliphatic heterocycles. The molecule has 0 aliphatic carbocycles. The van der Waals surface area contributed by atoms with Gasteiger partial charge in [-0.15, -0.1) is 0 Å². The van der Waals surface area contributed by atoms with Crippen LogP contribution in [-0.2, 0) is 15.8 Å². The highest BCUT2D eigenvalue weighted by Crippen LogP contribution is 2.14. The van der Waals surface area contributed by atoms with Crippen LogP contribution in [0.3, 0.4) is 0 Å². The van der Waals surface area contributed by atoms with Crippen LogP contribution in [0.4, 0.5) is 11.6 Å². The molecule has 2 aromatic rings. The van der Waals surface area contributed by atoms with Crippen LogP contribution in [0.25, 0.3) is 0 Å². The second-order valence-corrected chi connectivity index (χ2v) is 6.37. The minimum absolute atomic E-state index is 0.0366. The van der Waals surface area contributed by atoms with Crippen molar-refractivity contribution >= 4 is 33.3 Å². The van der Waals surface area contributed by atoms with E-state index in [1.54, 1.807) is 37.3 Å². The van der Waals surface area contributed by atoms with Gasteiger partial charge in [-0.3, -0.25) is 4.72 Å². The first-order valence-corrected chi connectivity index (χ1v) is 7.73. The highest BCUT2D eigenvalue weighted by molar-refractivity contribution is 7.91. The second-order valence-electron chi connectivity index (χ2n) is 4.26. The van der Waals surface area contributed by atoms with Gasteiger partial charge in [0, 0.05) is 11.4 Å². The molecule has 20 heavy (non-hydrogen) atoms. The van der Waals surface area contributed by atoms with Gasteiger partial charge in [0.1, 0.15) is 5.15 Å². The molecule has 0 fully saturated rings. The first kappa shape index (κ1) is 14.5. The van der Waals surface area contributed by atoms with E-state index in [-0.39, 0.29) is 16.9 Å². The molecule has 2 rings (SSSR count). The summed E-state index contributed by atoms with van der Waals surface area (Å²) >= 11 is 5.76. The third kappa shape index (κ3) is 4.07. The first-order valence-electron chi connectivity index (χ1n) is 5.70. The molecule has 106 valence electrons. The average molecular weight is 313 g/mol. The van der Waals surface area contributed by atoms with Gasteiger partial charge in [0.2, 0.25) is 16.0 Å². The van der Waals surface area contributed by atoms with Crippen LogP contribution in [0, 0.1) is 6.92 Å². The van der Waals surface area contributed by atoms with Crippen molar-refractivity contribution in [1.82, 2.24) is 9.97 Å². The van der Waals surface area contributed by atoms with Gasteiger partial charge in [0.05, 0.1) is 5.75 Å². The van der Waals surface area contributed by atoms with Crippen LogP contribution in [0.2, 0.25) is 5.15 Å². The number of aryl methyl sites for hydroxylation is 1. The molecule has 1 aromatic heterocycles. The summed E-state index contributed by atoms with van der Waals surface area (Å²) in [6.07, 6.45) is 0. The lowest BCUT2D eigenvalue weighted by Gasteiger charge is -2.07. The van der Waals surface area contributed by atoms with Gasteiger partial charge in [-0.2, -0.15) is 0 Å². The normalized spacial score (nSPS) is 11.3. The van der Waals surface area contributed by atoms with Crippen molar-refractivity contribution in [2.75, 3.05) is 10.5 Å². The Hall–Kier alpha value is -1.86. The Kier molecular flexibility index (Phi) is 4.10. The molecule has 0 aliphatic rings. The van der Waals surface area contributed by atoms with E-state index in [4.69, 9.17) is 17.3 Å². The highest BCUT2D eigenvalue weighted by Gasteiger charge is 2.14. The molecule has 1 heterocycles. The number of hydrogen-bond acceptors (Lipinski definition) is 5. The monoisotopic (exact) mass is 312 g/mol. The van der Waals surface area contributed by atoms with Crippen molar-refractivity contribution in [3.8, 4) is 0 Å².